The molecule has 24 heavy (non-hydrogen) atoms. The zero-order chi connectivity index (χ0) is 17.1. The zero-order valence-electron chi connectivity index (χ0n) is 13.5. The molecular formula is C20H19NO2S. The third kappa shape index (κ3) is 3.05. The predicted molar refractivity (Wildman–Crippen MR) is 102 cm³/mol. The van der Waals surface area contributed by atoms with Crippen LogP contribution in [0.15, 0.2) is 59.0 Å². The number of hydrogen-bond donors (Lipinski definition) is 2. The molecule has 0 fully saturated rings. The first-order chi connectivity index (χ1) is 11.6. The lowest BCUT2D eigenvalue weighted by Gasteiger charge is -2.06. The summed E-state index contributed by atoms with van der Waals surface area (Å²) in [6.45, 7) is 2.10. The highest BCUT2D eigenvalue weighted by Crippen LogP contribution is 2.44. The lowest BCUT2D eigenvalue weighted by atomic mass is 10.00. The van der Waals surface area contributed by atoms with Crippen molar-refractivity contribution in [3.8, 4) is 28.2 Å². The van der Waals surface area contributed by atoms with Crippen LogP contribution in [0, 0.1) is 0 Å². The molecule has 0 atom stereocenters. The summed E-state index contributed by atoms with van der Waals surface area (Å²) >= 11 is 5.46. The molecule has 0 unspecified atom stereocenters. The Hall–Kier alpha value is -2.59. The molecule has 1 aromatic heterocycles. The Morgan fingerprint density at radius 3 is 2.50 bits per heavy atom. The van der Waals surface area contributed by atoms with Crippen molar-refractivity contribution in [2.45, 2.75) is 19.8 Å². The first-order valence-electron chi connectivity index (χ1n) is 7.92. The van der Waals surface area contributed by atoms with Gasteiger partial charge in [0.15, 0.2) is 11.5 Å². The average molecular weight is 337 g/mol. The highest BCUT2D eigenvalue weighted by molar-refractivity contribution is 7.80. The monoisotopic (exact) mass is 337 g/mol. The van der Waals surface area contributed by atoms with Gasteiger partial charge >= 0.3 is 0 Å². The van der Waals surface area contributed by atoms with Gasteiger partial charge < -0.3 is 15.3 Å². The van der Waals surface area contributed by atoms with Gasteiger partial charge in [-0.2, -0.15) is 0 Å². The summed E-state index contributed by atoms with van der Waals surface area (Å²) in [7, 11) is 0. The van der Waals surface area contributed by atoms with Crippen LogP contribution in [-0.4, -0.2) is 9.97 Å². The first kappa shape index (κ1) is 16.3. The van der Waals surface area contributed by atoms with E-state index < -0.39 is 0 Å². The normalized spacial score (nSPS) is 10.7. The summed E-state index contributed by atoms with van der Waals surface area (Å²) in [6, 6.07) is 17.2. The van der Waals surface area contributed by atoms with Gasteiger partial charge in [-0.25, -0.2) is 0 Å². The van der Waals surface area contributed by atoms with E-state index in [1.165, 1.54) is 0 Å². The van der Waals surface area contributed by atoms with E-state index in [2.05, 4.69) is 6.92 Å². The summed E-state index contributed by atoms with van der Waals surface area (Å²) in [5.74, 6) is 0.631. The number of anilines is 1. The van der Waals surface area contributed by atoms with Crippen molar-refractivity contribution >= 4 is 23.0 Å². The maximum Gasteiger partial charge on any atom is 0.202 e. The Morgan fingerprint density at radius 2 is 1.79 bits per heavy atom. The van der Waals surface area contributed by atoms with Crippen molar-refractivity contribution in [3.63, 3.8) is 0 Å². The van der Waals surface area contributed by atoms with Crippen LogP contribution >= 0.6 is 12.2 Å². The number of hydrogen-bond acceptors (Lipinski definition) is 4. The lowest BCUT2D eigenvalue weighted by molar-refractivity contribution is 0.467. The van der Waals surface area contributed by atoms with Crippen LogP contribution in [0.4, 0.5) is 5.88 Å². The molecule has 3 rings (SSSR count). The number of nitrogens with two attached hydrogens (primary N) is 1. The molecule has 4 heteroatoms. The summed E-state index contributed by atoms with van der Waals surface area (Å²) in [5.41, 5.74) is 9.10. The van der Waals surface area contributed by atoms with Gasteiger partial charge in [0, 0.05) is 10.4 Å². The molecule has 0 spiro atoms. The van der Waals surface area contributed by atoms with Crippen molar-refractivity contribution in [3.05, 3.63) is 60.2 Å². The number of nitrogen functional groups attached to an aromatic ring is 1. The van der Waals surface area contributed by atoms with Crippen LogP contribution in [0.5, 0.6) is 5.75 Å². The standard InChI is InChI=1S/C20H19NO2S/c1-2-7-16(24)14-10-6-11-15(12-14)17-18(22)19(23-20(17)21)13-8-4-3-5-9-13/h3-6,8-12,22H,2,7,21H2,1H3. The molecule has 0 aliphatic rings. The maximum atomic E-state index is 10.6. The average Bonchev–Trinajstić information content (AvgIpc) is 2.90. The van der Waals surface area contributed by atoms with Gasteiger partial charge in [0.05, 0.1) is 5.56 Å². The molecule has 0 saturated heterocycles. The first-order valence-corrected chi connectivity index (χ1v) is 8.33. The number of benzene rings is 2. The highest BCUT2D eigenvalue weighted by atomic mass is 32.1. The van der Waals surface area contributed by atoms with E-state index in [0.29, 0.717) is 11.3 Å². The SMILES string of the molecule is CCCC(=S)c1cccc(-c2c(N)oc(-c3ccccc3)c2O)c1. The quantitative estimate of drug-likeness (QED) is 0.482. The number of furan rings is 1. The van der Waals surface area contributed by atoms with E-state index in [0.717, 1.165) is 34.4 Å². The minimum atomic E-state index is 0.0530. The molecule has 0 aliphatic heterocycles. The minimum Gasteiger partial charge on any atom is -0.504 e. The maximum absolute atomic E-state index is 10.6. The largest absolute Gasteiger partial charge is 0.504 e. The molecule has 0 saturated carbocycles. The minimum absolute atomic E-state index is 0.0530. The van der Waals surface area contributed by atoms with Crippen LogP contribution in [0.25, 0.3) is 22.5 Å². The second-order valence-electron chi connectivity index (χ2n) is 5.64. The van der Waals surface area contributed by atoms with Crippen molar-refractivity contribution in [1.29, 1.82) is 0 Å². The molecule has 3 N–H and O–H groups in total. The Balaban J connectivity index is 2.06. The van der Waals surface area contributed by atoms with E-state index in [1.807, 2.05) is 54.6 Å². The number of thiocarbonyl (C=S) groups is 1. The van der Waals surface area contributed by atoms with Crippen molar-refractivity contribution in [2.24, 2.45) is 0 Å². The van der Waals surface area contributed by atoms with Crippen molar-refractivity contribution in [1.82, 2.24) is 0 Å². The molecule has 1 heterocycles. The second-order valence-corrected chi connectivity index (χ2v) is 6.13. The number of aromatic hydroxyl groups is 1. The van der Waals surface area contributed by atoms with E-state index in [-0.39, 0.29) is 11.6 Å². The fourth-order valence-corrected chi connectivity index (χ4v) is 3.05. The lowest BCUT2D eigenvalue weighted by Crippen LogP contribution is -1.96. The summed E-state index contributed by atoms with van der Waals surface area (Å²) < 4.78 is 5.63. The molecule has 0 radical (unpaired) electrons. The Kier molecular flexibility index (Phi) is 4.67. The van der Waals surface area contributed by atoms with E-state index in [1.54, 1.807) is 0 Å². The van der Waals surface area contributed by atoms with Gasteiger partial charge in [0.1, 0.15) is 0 Å². The van der Waals surface area contributed by atoms with Gasteiger partial charge in [-0.1, -0.05) is 74.1 Å². The predicted octanol–water partition coefficient (Wildman–Crippen LogP) is 5.42. The van der Waals surface area contributed by atoms with Gasteiger partial charge in [-0.3, -0.25) is 0 Å². The molecule has 0 bridgehead atoms. The van der Waals surface area contributed by atoms with Gasteiger partial charge in [-0.05, 0) is 23.6 Å². The van der Waals surface area contributed by atoms with E-state index in [4.69, 9.17) is 22.4 Å². The summed E-state index contributed by atoms with van der Waals surface area (Å²) in [5, 5.41) is 10.6. The molecule has 3 aromatic rings. The smallest absolute Gasteiger partial charge is 0.202 e. The van der Waals surface area contributed by atoms with Crippen molar-refractivity contribution < 1.29 is 9.52 Å². The summed E-state index contributed by atoms with van der Waals surface area (Å²) in [4.78, 5) is 0.907. The topological polar surface area (TPSA) is 59.4 Å². The fraction of sp³-hybridized carbons (Fsp3) is 0.150. The fourth-order valence-electron chi connectivity index (χ4n) is 2.72. The van der Waals surface area contributed by atoms with Gasteiger partial charge in [0.25, 0.3) is 0 Å². The molecule has 0 amide bonds. The second kappa shape index (κ2) is 6.89. The molecular weight excluding hydrogens is 318 g/mol. The van der Waals surface area contributed by atoms with Crippen LogP contribution in [0.2, 0.25) is 0 Å². The van der Waals surface area contributed by atoms with Crippen LogP contribution in [0.3, 0.4) is 0 Å². The van der Waals surface area contributed by atoms with Crippen molar-refractivity contribution in [2.75, 3.05) is 5.73 Å². The third-order valence-electron chi connectivity index (χ3n) is 3.90. The van der Waals surface area contributed by atoms with E-state index in [9.17, 15) is 5.11 Å². The highest BCUT2D eigenvalue weighted by Gasteiger charge is 2.21. The van der Waals surface area contributed by atoms with Gasteiger partial charge in [-0.15, -0.1) is 0 Å². The number of rotatable bonds is 5. The van der Waals surface area contributed by atoms with Crippen LogP contribution in [0.1, 0.15) is 25.3 Å². The van der Waals surface area contributed by atoms with Crippen LogP contribution < -0.4 is 5.73 Å². The molecule has 0 aliphatic carbocycles. The molecule has 3 nitrogen and oxygen atoms in total. The zero-order valence-corrected chi connectivity index (χ0v) is 14.3. The van der Waals surface area contributed by atoms with E-state index >= 15 is 0 Å². The Bertz CT molecular complexity index is 869. The third-order valence-corrected chi connectivity index (χ3v) is 4.34. The Morgan fingerprint density at radius 1 is 1.08 bits per heavy atom. The van der Waals surface area contributed by atoms with Crippen LogP contribution in [-0.2, 0) is 0 Å². The molecule has 2 aromatic carbocycles. The Labute approximate surface area is 146 Å². The molecule has 122 valence electrons. The summed E-state index contributed by atoms with van der Waals surface area (Å²) in [6.07, 6.45) is 1.86. The van der Waals surface area contributed by atoms with Gasteiger partial charge in [0.2, 0.25) is 5.88 Å².